The summed E-state index contributed by atoms with van der Waals surface area (Å²) >= 11 is 0. The smallest absolute Gasteiger partial charge is 0.271 e. The molecule has 0 saturated heterocycles. The summed E-state index contributed by atoms with van der Waals surface area (Å²) in [5, 5.41) is 15.2. The SMILES string of the molecule is O=C(NCCCNC(=O)c1nc(-c2ccccc2)n2c1CCCCC2)c1cccc(O)c1. The van der Waals surface area contributed by atoms with Gasteiger partial charge < -0.3 is 20.3 Å². The predicted molar refractivity (Wildman–Crippen MR) is 123 cm³/mol. The highest BCUT2D eigenvalue weighted by molar-refractivity contribution is 5.95. The molecule has 3 N–H and O–H groups in total. The van der Waals surface area contributed by atoms with E-state index in [2.05, 4.69) is 15.2 Å². The maximum absolute atomic E-state index is 12.9. The van der Waals surface area contributed by atoms with Gasteiger partial charge in [-0.2, -0.15) is 0 Å². The Labute approximate surface area is 187 Å². The molecule has 1 aromatic heterocycles. The summed E-state index contributed by atoms with van der Waals surface area (Å²) in [6.07, 6.45) is 4.74. The van der Waals surface area contributed by atoms with Crippen LogP contribution in [0.2, 0.25) is 0 Å². The van der Waals surface area contributed by atoms with Crippen molar-refractivity contribution in [2.45, 2.75) is 38.6 Å². The molecule has 166 valence electrons. The summed E-state index contributed by atoms with van der Waals surface area (Å²) in [4.78, 5) is 29.8. The molecule has 7 heteroatoms. The van der Waals surface area contributed by atoms with Crippen molar-refractivity contribution >= 4 is 11.8 Å². The van der Waals surface area contributed by atoms with Crippen LogP contribution in [0.1, 0.15) is 52.2 Å². The molecule has 0 saturated carbocycles. The first kappa shape index (κ1) is 21.6. The quantitative estimate of drug-likeness (QED) is 0.498. The molecule has 0 atom stereocenters. The number of aromatic nitrogens is 2. The lowest BCUT2D eigenvalue weighted by Gasteiger charge is -2.09. The van der Waals surface area contributed by atoms with Crippen LogP contribution in [0.4, 0.5) is 0 Å². The third-order valence-electron chi connectivity index (χ3n) is 5.65. The summed E-state index contributed by atoms with van der Waals surface area (Å²) in [5.41, 5.74) is 2.94. The standard InChI is InChI=1S/C25H28N4O3/c30-20-12-7-11-19(17-20)24(31)26-14-8-15-27-25(32)22-21-13-5-2-6-16-29(21)23(28-22)18-9-3-1-4-10-18/h1,3-4,7,9-12,17,30H,2,5-6,8,13-16H2,(H,26,31)(H,27,32). The predicted octanol–water partition coefficient (Wildman–Crippen LogP) is 3.53. The monoisotopic (exact) mass is 432 g/mol. The zero-order valence-corrected chi connectivity index (χ0v) is 18.0. The number of carbonyl (C=O) groups excluding carboxylic acids is 2. The van der Waals surface area contributed by atoms with Gasteiger partial charge >= 0.3 is 0 Å². The number of aromatic hydroxyl groups is 1. The van der Waals surface area contributed by atoms with E-state index in [0.29, 0.717) is 30.8 Å². The van der Waals surface area contributed by atoms with Gasteiger partial charge in [0, 0.05) is 30.8 Å². The zero-order valence-electron chi connectivity index (χ0n) is 18.0. The lowest BCUT2D eigenvalue weighted by Crippen LogP contribution is -2.30. The summed E-state index contributed by atoms with van der Waals surface area (Å²) in [6, 6.07) is 16.2. The van der Waals surface area contributed by atoms with E-state index in [1.165, 1.54) is 12.1 Å². The topological polar surface area (TPSA) is 96.3 Å². The number of rotatable bonds is 7. The second-order valence-electron chi connectivity index (χ2n) is 7.97. The Bertz CT molecular complexity index is 1090. The van der Waals surface area contributed by atoms with Crippen molar-refractivity contribution in [3.8, 4) is 17.1 Å². The Hall–Kier alpha value is -3.61. The number of hydrogen-bond acceptors (Lipinski definition) is 4. The summed E-state index contributed by atoms with van der Waals surface area (Å²) in [6.45, 7) is 1.73. The van der Waals surface area contributed by atoms with Crippen LogP contribution < -0.4 is 10.6 Å². The number of nitrogens with zero attached hydrogens (tertiary/aromatic N) is 2. The van der Waals surface area contributed by atoms with Crippen molar-refractivity contribution in [3.05, 3.63) is 71.5 Å². The molecule has 0 unspecified atom stereocenters. The van der Waals surface area contributed by atoms with Gasteiger partial charge in [0.2, 0.25) is 0 Å². The summed E-state index contributed by atoms with van der Waals surface area (Å²) < 4.78 is 2.20. The van der Waals surface area contributed by atoms with E-state index >= 15 is 0 Å². The van der Waals surface area contributed by atoms with Crippen LogP contribution in [0.5, 0.6) is 5.75 Å². The molecule has 32 heavy (non-hydrogen) atoms. The van der Waals surface area contributed by atoms with Crippen molar-refractivity contribution in [3.63, 3.8) is 0 Å². The highest BCUT2D eigenvalue weighted by Crippen LogP contribution is 2.27. The van der Waals surface area contributed by atoms with Crippen LogP contribution in [0.15, 0.2) is 54.6 Å². The molecular formula is C25H28N4O3. The maximum Gasteiger partial charge on any atom is 0.271 e. The normalized spacial score (nSPS) is 13.1. The maximum atomic E-state index is 12.9. The number of hydrogen-bond donors (Lipinski definition) is 3. The highest BCUT2D eigenvalue weighted by Gasteiger charge is 2.24. The average Bonchev–Trinajstić information content (AvgIpc) is 3.00. The van der Waals surface area contributed by atoms with Crippen molar-refractivity contribution in [2.75, 3.05) is 13.1 Å². The summed E-state index contributed by atoms with van der Waals surface area (Å²) in [5.74, 6) is 0.487. The molecule has 3 aromatic rings. The van der Waals surface area contributed by atoms with E-state index in [4.69, 9.17) is 4.98 Å². The molecule has 2 amide bonds. The molecule has 1 aliphatic rings. The number of fused-ring (bicyclic) bond motifs is 1. The number of phenolic OH excluding ortho intramolecular Hbond substituents is 1. The number of carbonyl (C=O) groups is 2. The van der Waals surface area contributed by atoms with Gasteiger partial charge in [-0.1, -0.05) is 42.8 Å². The third-order valence-corrected chi connectivity index (χ3v) is 5.65. The van der Waals surface area contributed by atoms with E-state index in [0.717, 1.165) is 49.3 Å². The minimum atomic E-state index is -0.251. The third kappa shape index (κ3) is 4.99. The zero-order chi connectivity index (χ0) is 22.3. The van der Waals surface area contributed by atoms with Crippen LogP contribution in [0, 0.1) is 0 Å². The molecule has 7 nitrogen and oxygen atoms in total. The lowest BCUT2D eigenvalue weighted by atomic mass is 10.1. The van der Waals surface area contributed by atoms with Crippen LogP contribution in [0.25, 0.3) is 11.4 Å². The van der Waals surface area contributed by atoms with Gasteiger partial charge in [0.05, 0.1) is 5.69 Å². The van der Waals surface area contributed by atoms with Gasteiger partial charge in [-0.25, -0.2) is 4.98 Å². The van der Waals surface area contributed by atoms with Gasteiger partial charge in [-0.15, -0.1) is 0 Å². The first-order valence-corrected chi connectivity index (χ1v) is 11.1. The minimum Gasteiger partial charge on any atom is -0.508 e. The molecule has 0 fully saturated rings. The van der Waals surface area contributed by atoms with Crippen LogP contribution in [-0.2, 0) is 13.0 Å². The van der Waals surface area contributed by atoms with E-state index in [9.17, 15) is 14.7 Å². The van der Waals surface area contributed by atoms with E-state index in [1.54, 1.807) is 12.1 Å². The molecule has 4 rings (SSSR count). The number of imidazole rings is 1. The second-order valence-corrected chi connectivity index (χ2v) is 7.97. The fraction of sp³-hybridized carbons (Fsp3) is 0.320. The fourth-order valence-electron chi connectivity index (χ4n) is 4.03. The van der Waals surface area contributed by atoms with Gasteiger partial charge in [0.15, 0.2) is 0 Å². The molecule has 0 aliphatic carbocycles. The van der Waals surface area contributed by atoms with Crippen molar-refractivity contribution in [1.82, 2.24) is 20.2 Å². The van der Waals surface area contributed by atoms with E-state index in [-0.39, 0.29) is 17.6 Å². The number of phenols is 1. The first-order chi connectivity index (χ1) is 15.6. The van der Waals surface area contributed by atoms with E-state index < -0.39 is 0 Å². The number of amides is 2. The van der Waals surface area contributed by atoms with Crippen molar-refractivity contribution < 1.29 is 14.7 Å². The fourth-order valence-corrected chi connectivity index (χ4v) is 4.03. The second kappa shape index (κ2) is 10.1. The van der Waals surface area contributed by atoms with Gasteiger partial charge in [-0.05, 0) is 43.9 Å². The molecule has 0 radical (unpaired) electrons. The Kier molecular flexibility index (Phi) is 6.84. The molecule has 2 aromatic carbocycles. The van der Waals surface area contributed by atoms with Gasteiger partial charge in [-0.3, -0.25) is 9.59 Å². The largest absolute Gasteiger partial charge is 0.508 e. The molecule has 2 heterocycles. The highest BCUT2D eigenvalue weighted by atomic mass is 16.3. The van der Waals surface area contributed by atoms with Crippen molar-refractivity contribution in [1.29, 1.82) is 0 Å². The average molecular weight is 433 g/mol. The van der Waals surface area contributed by atoms with Gasteiger partial charge in [0.1, 0.15) is 17.3 Å². The lowest BCUT2D eigenvalue weighted by molar-refractivity contribution is 0.0947. The molecule has 1 aliphatic heterocycles. The minimum absolute atomic E-state index is 0.0546. The Balaban J connectivity index is 1.36. The first-order valence-electron chi connectivity index (χ1n) is 11.1. The molecular weight excluding hydrogens is 404 g/mol. The molecule has 0 spiro atoms. The Morgan fingerprint density at radius 2 is 1.72 bits per heavy atom. The summed E-state index contributed by atoms with van der Waals surface area (Å²) in [7, 11) is 0. The number of nitrogens with one attached hydrogen (secondary N) is 2. The van der Waals surface area contributed by atoms with Crippen LogP contribution in [0.3, 0.4) is 0 Å². The van der Waals surface area contributed by atoms with Gasteiger partial charge in [0.25, 0.3) is 11.8 Å². The number of benzene rings is 2. The molecule has 0 bridgehead atoms. The Morgan fingerprint density at radius 3 is 2.50 bits per heavy atom. The van der Waals surface area contributed by atoms with Crippen LogP contribution in [-0.4, -0.2) is 39.6 Å². The van der Waals surface area contributed by atoms with E-state index in [1.807, 2.05) is 30.3 Å². The van der Waals surface area contributed by atoms with Crippen molar-refractivity contribution in [2.24, 2.45) is 0 Å². The van der Waals surface area contributed by atoms with Crippen LogP contribution >= 0.6 is 0 Å². The Morgan fingerprint density at radius 1 is 0.938 bits per heavy atom.